The number of anilines is 1. The van der Waals surface area contributed by atoms with Crippen molar-refractivity contribution in [3.8, 4) is 11.5 Å². The van der Waals surface area contributed by atoms with Crippen molar-refractivity contribution in [2.45, 2.75) is 53.1 Å². The third kappa shape index (κ3) is 3.76. The Hall–Kier alpha value is -2.99. The number of esters is 1. The van der Waals surface area contributed by atoms with Gasteiger partial charge in [0.25, 0.3) is 0 Å². The number of fused-ring (bicyclic) bond motifs is 2. The van der Waals surface area contributed by atoms with Gasteiger partial charge in [-0.15, -0.1) is 0 Å². The zero-order chi connectivity index (χ0) is 22.3. The number of hydrogen-bond acceptors (Lipinski definition) is 5. The van der Waals surface area contributed by atoms with Crippen molar-refractivity contribution in [2.75, 3.05) is 5.32 Å². The number of rotatable bonds is 3. The Kier molecular flexibility index (Phi) is 5.43. The molecule has 1 aliphatic rings. The highest BCUT2D eigenvalue weighted by atomic mass is 32.1. The molecule has 6 heteroatoms. The van der Waals surface area contributed by atoms with Crippen molar-refractivity contribution in [3.05, 3.63) is 58.9 Å². The first-order chi connectivity index (χ1) is 14.7. The maximum Gasteiger partial charge on any atom is 0.308 e. The highest BCUT2D eigenvalue weighted by Gasteiger charge is 2.38. The second kappa shape index (κ2) is 7.93. The molecule has 0 bridgehead atoms. The lowest BCUT2D eigenvalue weighted by Gasteiger charge is -2.38. The van der Waals surface area contributed by atoms with Gasteiger partial charge in [0.2, 0.25) is 0 Å². The number of nitrogens with zero attached hydrogens (tertiary/aromatic N) is 1. The van der Waals surface area contributed by atoms with Crippen molar-refractivity contribution in [2.24, 2.45) is 0 Å². The number of nitrogens with one attached hydrogen (secondary N) is 1. The molecular formula is C25H26N2O3S. The summed E-state index contributed by atoms with van der Waals surface area (Å²) < 4.78 is 12.1. The van der Waals surface area contributed by atoms with Crippen molar-refractivity contribution >= 4 is 39.6 Å². The Bertz CT molecular complexity index is 1220. The molecule has 4 rings (SSSR count). The summed E-state index contributed by atoms with van der Waals surface area (Å²) in [6.45, 7) is 9.39. The van der Waals surface area contributed by atoms with Gasteiger partial charge in [0.1, 0.15) is 16.5 Å². The van der Waals surface area contributed by atoms with Crippen LogP contribution in [0.5, 0.6) is 11.5 Å². The van der Waals surface area contributed by atoms with Crippen LogP contribution in [0.25, 0.3) is 10.8 Å². The van der Waals surface area contributed by atoms with E-state index in [2.05, 4.69) is 10.3 Å². The quantitative estimate of drug-likeness (QED) is 0.329. The minimum atomic E-state index is -0.649. The summed E-state index contributed by atoms with van der Waals surface area (Å²) in [6.07, 6.45) is 5.13. The predicted molar refractivity (Wildman–Crippen MR) is 127 cm³/mol. The highest BCUT2D eigenvalue weighted by Crippen LogP contribution is 2.44. The lowest BCUT2D eigenvalue weighted by molar-refractivity contribution is -0.132. The first kappa shape index (κ1) is 21.2. The summed E-state index contributed by atoms with van der Waals surface area (Å²) in [6, 6.07) is 8.01. The molecule has 0 amide bonds. The smallest absolute Gasteiger partial charge is 0.308 e. The number of thiocarbonyl (C=S) groups is 1. The van der Waals surface area contributed by atoms with E-state index in [1.165, 1.54) is 6.92 Å². The van der Waals surface area contributed by atoms with E-state index in [1.807, 2.05) is 58.2 Å². The van der Waals surface area contributed by atoms with E-state index in [9.17, 15) is 4.79 Å². The largest absolute Gasteiger partial charge is 0.480 e. The lowest BCUT2D eigenvalue weighted by atomic mass is 9.87. The van der Waals surface area contributed by atoms with Crippen LogP contribution in [-0.2, 0) is 11.2 Å². The van der Waals surface area contributed by atoms with E-state index in [0.29, 0.717) is 10.7 Å². The molecule has 0 radical (unpaired) electrons. The number of hydrogen-bond donors (Lipinski definition) is 1. The lowest BCUT2D eigenvalue weighted by Crippen LogP contribution is -2.47. The maximum absolute atomic E-state index is 11.6. The van der Waals surface area contributed by atoms with Crippen molar-refractivity contribution in [1.82, 2.24) is 4.98 Å². The molecule has 0 fully saturated rings. The Labute approximate surface area is 187 Å². The monoisotopic (exact) mass is 434 g/mol. The molecule has 3 aromatic rings. The highest BCUT2D eigenvalue weighted by molar-refractivity contribution is 7.80. The van der Waals surface area contributed by atoms with Crippen LogP contribution in [0.1, 0.15) is 42.5 Å². The van der Waals surface area contributed by atoms with Crippen LogP contribution < -0.4 is 14.8 Å². The zero-order valence-electron chi connectivity index (χ0n) is 18.5. The van der Waals surface area contributed by atoms with Gasteiger partial charge >= 0.3 is 5.97 Å². The first-order valence-corrected chi connectivity index (χ1v) is 10.8. The van der Waals surface area contributed by atoms with Crippen LogP contribution in [0.15, 0.2) is 36.7 Å². The van der Waals surface area contributed by atoms with Gasteiger partial charge in [-0.05, 0) is 69.4 Å². The van der Waals surface area contributed by atoms with Gasteiger partial charge in [0.15, 0.2) is 5.60 Å². The fourth-order valence-corrected chi connectivity index (χ4v) is 4.43. The van der Waals surface area contributed by atoms with Crippen molar-refractivity contribution in [3.63, 3.8) is 0 Å². The summed E-state index contributed by atoms with van der Waals surface area (Å²) in [7, 11) is 0. The molecule has 0 saturated heterocycles. The molecule has 1 N–H and O–H groups in total. The number of aromatic nitrogens is 1. The van der Waals surface area contributed by atoms with Gasteiger partial charge in [-0.1, -0.05) is 24.4 Å². The van der Waals surface area contributed by atoms with E-state index >= 15 is 0 Å². The number of ether oxygens (including phenoxy) is 2. The summed E-state index contributed by atoms with van der Waals surface area (Å²) in [4.78, 5) is 16.4. The molecule has 160 valence electrons. The second-order valence-corrected chi connectivity index (χ2v) is 8.70. The number of benzene rings is 2. The minimum absolute atomic E-state index is 0.317. The summed E-state index contributed by atoms with van der Waals surface area (Å²) >= 11 is 5.83. The molecule has 1 aliphatic heterocycles. The van der Waals surface area contributed by atoms with Gasteiger partial charge in [-0.25, -0.2) is 0 Å². The molecule has 1 aromatic heterocycles. The molecule has 1 unspecified atom stereocenters. The van der Waals surface area contributed by atoms with E-state index in [0.717, 1.165) is 57.3 Å². The average Bonchev–Trinajstić information content (AvgIpc) is 2.75. The standard InChI is InChI=1S/C25H26N2O3S/c1-14-15(2)23-19(16(3)22(14)29-17(4)28)9-11-25(5,30-23)24(31)27-21-8-6-7-18-13-26-12-10-20(18)21/h6-8,10,12-13H,9,11H2,1-5H3,(H,27,31). The molecule has 0 aliphatic carbocycles. The Morgan fingerprint density at radius 1 is 1.19 bits per heavy atom. The second-order valence-electron chi connectivity index (χ2n) is 8.29. The molecule has 1 atom stereocenters. The Balaban J connectivity index is 1.67. The van der Waals surface area contributed by atoms with Crippen LogP contribution in [0.4, 0.5) is 5.69 Å². The number of carbonyl (C=O) groups is 1. The first-order valence-electron chi connectivity index (χ1n) is 10.4. The van der Waals surface area contributed by atoms with Crippen molar-refractivity contribution < 1.29 is 14.3 Å². The van der Waals surface area contributed by atoms with Crippen LogP contribution in [0.3, 0.4) is 0 Å². The molecule has 0 saturated carbocycles. The average molecular weight is 435 g/mol. The van der Waals surface area contributed by atoms with Gasteiger partial charge in [0, 0.05) is 41.3 Å². The summed E-state index contributed by atoms with van der Waals surface area (Å²) in [5.74, 6) is 1.16. The van der Waals surface area contributed by atoms with Gasteiger partial charge in [0.05, 0.1) is 0 Å². The predicted octanol–water partition coefficient (Wildman–Crippen LogP) is 5.61. The van der Waals surface area contributed by atoms with Gasteiger partial charge < -0.3 is 14.8 Å². The summed E-state index contributed by atoms with van der Waals surface area (Å²) in [5.41, 5.74) is 4.21. The molecule has 2 aromatic carbocycles. The SMILES string of the molecule is CC(=O)Oc1c(C)c(C)c2c(c1C)CCC(C)(C(=S)Nc1cccc3cnccc13)O2. The summed E-state index contributed by atoms with van der Waals surface area (Å²) in [5, 5.41) is 5.54. The zero-order valence-corrected chi connectivity index (χ0v) is 19.3. The number of carbonyl (C=O) groups excluding carboxylic acids is 1. The normalized spacial score (nSPS) is 17.6. The molecule has 0 spiro atoms. The van der Waals surface area contributed by atoms with Gasteiger partial charge in [-0.2, -0.15) is 0 Å². The van der Waals surface area contributed by atoms with Crippen LogP contribution in [0.2, 0.25) is 0 Å². The van der Waals surface area contributed by atoms with Gasteiger partial charge in [-0.3, -0.25) is 9.78 Å². The van der Waals surface area contributed by atoms with Crippen LogP contribution in [0, 0.1) is 20.8 Å². The molecule has 5 nitrogen and oxygen atoms in total. The third-order valence-corrected chi connectivity index (χ3v) is 6.68. The Morgan fingerprint density at radius 2 is 1.97 bits per heavy atom. The van der Waals surface area contributed by atoms with Crippen LogP contribution >= 0.6 is 12.2 Å². The maximum atomic E-state index is 11.6. The molecule has 2 heterocycles. The Morgan fingerprint density at radius 3 is 2.71 bits per heavy atom. The van der Waals surface area contributed by atoms with E-state index < -0.39 is 5.60 Å². The fourth-order valence-electron chi connectivity index (χ4n) is 4.18. The van der Waals surface area contributed by atoms with Crippen molar-refractivity contribution in [1.29, 1.82) is 0 Å². The van der Waals surface area contributed by atoms with E-state index in [1.54, 1.807) is 6.20 Å². The number of pyridine rings is 1. The molecular weight excluding hydrogens is 408 g/mol. The fraction of sp³-hybridized carbons (Fsp3) is 0.320. The van der Waals surface area contributed by atoms with E-state index in [-0.39, 0.29) is 5.97 Å². The van der Waals surface area contributed by atoms with E-state index in [4.69, 9.17) is 21.7 Å². The topological polar surface area (TPSA) is 60.5 Å². The molecule has 31 heavy (non-hydrogen) atoms. The van der Waals surface area contributed by atoms with Crippen LogP contribution in [-0.4, -0.2) is 21.5 Å². The third-order valence-electron chi connectivity index (χ3n) is 6.15. The minimum Gasteiger partial charge on any atom is -0.480 e.